The van der Waals surface area contributed by atoms with Crippen LogP contribution in [0.15, 0.2) is 48.9 Å². The van der Waals surface area contributed by atoms with Gasteiger partial charge in [0, 0.05) is 31.1 Å². The van der Waals surface area contributed by atoms with Crippen LogP contribution in [0.3, 0.4) is 0 Å². The van der Waals surface area contributed by atoms with Crippen molar-refractivity contribution in [1.29, 1.82) is 0 Å². The Morgan fingerprint density at radius 3 is 2.83 bits per heavy atom. The van der Waals surface area contributed by atoms with Crippen molar-refractivity contribution in [2.45, 2.75) is 30.4 Å². The molecule has 1 amide bonds. The number of rotatable bonds is 3. The normalized spacial score (nSPS) is 22.2. The first kappa shape index (κ1) is 19.8. The van der Waals surface area contributed by atoms with E-state index in [1.165, 1.54) is 5.56 Å². The summed E-state index contributed by atoms with van der Waals surface area (Å²) in [6.45, 7) is 1.90. The summed E-state index contributed by atoms with van der Waals surface area (Å²) in [4.78, 5) is 21.6. The van der Waals surface area contributed by atoms with Gasteiger partial charge in [0.15, 0.2) is 0 Å². The van der Waals surface area contributed by atoms with Crippen LogP contribution in [-0.4, -0.2) is 46.6 Å². The number of carbonyl (C=O) groups is 1. The lowest BCUT2D eigenvalue weighted by atomic mass is 9.72. The van der Waals surface area contributed by atoms with Crippen molar-refractivity contribution in [2.75, 3.05) is 20.2 Å². The maximum atomic E-state index is 13.0. The van der Waals surface area contributed by atoms with E-state index in [0.717, 1.165) is 31.5 Å². The number of halogens is 1. The van der Waals surface area contributed by atoms with E-state index in [4.69, 9.17) is 4.74 Å². The molecule has 1 aliphatic carbocycles. The van der Waals surface area contributed by atoms with E-state index in [9.17, 15) is 4.79 Å². The number of amides is 1. The molecule has 0 unspecified atom stereocenters. The largest absolute Gasteiger partial charge is 0.378 e. The molecule has 2 aliphatic rings. The maximum Gasteiger partial charge on any atom is 0.272 e. The number of hydrogen-bond donors (Lipinski definition) is 2. The van der Waals surface area contributed by atoms with E-state index in [1.54, 1.807) is 23.9 Å². The molecule has 2 N–H and O–H groups in total. The van der Waals surface area contributed by atoms with Gasteiger partial charge in [-0.15, -0.1) is 12.4 Å². The number of benzene rings is 1. The second-order valence-electron chi connectivity index (χ2n) is 7.55. The van der Waals surface area contributed by atoms with Gasteiger partial charge < -0.3 is 15.4 Å². The molecule has 0 saturated carbocycles. The van der Waals surface area contributed by atoms with Gasteiger partial charge in [0.05, 0.1) is 12.1 Å². The lowest BCUT2D eigenvalue weighted by Crippen LogP contribution is -2.49. The van der Waals surface area contributed by atoms with Gasteiger partial charge in [-0.25, -0.2) is 9.97 Å². The summed E-state index contributed by atoms with van der Waals surface area (Å²) >= 11 is 0. The highest BCUT2D eigenvalue weighted by atomic mass is 35.5. The van der Waals surface area contributed by atoms with Crippen LogP contribution in [0, 0.1) is 0 Å². The topological polar surface area (TPSA) is 80.5 Å². The van der Waals surface area contributed by atoms with Crippen LogP contribution in [0.25, 0.3) is 5.78 Å². The monoisotopic (exact) mass is 413 g/mol. The number of aromatic nitrogens is 3. The van der Waals surface area contributed by atoms with E-state index >= 15 is 0 Å². The summed E-state index contributed by atoms with van der Waals surface area (Å²) in [5.74, 6) is 0.302. The molecule has 1 spiro atoms. The average Bonchev–Trinajstić information content (AvgIpc) is 3.27. The van der Waals surface area contributed by atoms with Gasteiger partial charge in [0.1, 0.15) is 5.69 Å². The minimum absolute atomic E-state index is 0. The van der Waals surface area contributed by atoms with Gasteiger partial charge in [-0.05, 0) is 43.1 Å². The molecular weight excluding hydrogens is 390 g/mol. The van der Waals surface area contributed by atoms with E-state index in [-0.39, 0.29) is 35.9 Å². The lowest BCUT2D eigenvalue weighted by Gasteiger charge is -2.40. The van der Waals surface area contributed by atoms with Crippen LogP contribution in [0.1, 0.15) is 40.5 Å². The molecule has 2 atom stereocenters. The Kier molecular flexibility index (Phi) is 5.29. The average molecular weight is 414 g/mol. The zero-order valence-corrected chi connectivity index (χ0v) is 17.0. The van der Waals surface area contributed by atoms with Crippen molar-refractivity contribution < 1.29 is 9.53 Å². The standard InChI is InChI=1S/C21H23N5O2.ClH/c1-28-18-17(25-19(27)16-13-26-12-4-9-23-20(26)24-16)14-5-2-3-6-15(14)21(18)7-10-22-11-8-21;/h2-6,9,12-13,17-18,22H,7-8,10-11H2,1H3,(H,25,27);1H/t17-,18+;/m1./s1. The number of ether oxygens (including phenoxy) is 1. The Balaban J connectivity index is 0.00000205. The number of piperidine rings is 1. The fourth-order valence-electron chi connectivity index (χ4n) is 4.95. The summed E-state index contributed by atoms with van der Waals surface area (Å²) in [5.41, 5.74) is 2.73. The highest BCUT2D eigenvalue weighted by Gasteiger charge is 2.53. The first-order chi connectivity index (χ1) is 13.7. The smallest absolute Gasteiger partial charge is 0.272 e. The third-order valence-electron chi connectivity index (χ3n) is 6.18. The fraction of sp³-hybridized carbons (Fsp3) is 0.381. The van der Waals surface area contributed by atoms with Crippen molar-refractivity contribution >= 4 is 24.1 Å². The molecule has 29 heavy (non-hydrogen) atoms. The van der Waals surface area contributed by atoms with Crippen LogP contribution >= 0.6 is 12.4 Å². The van der Waals surface area contributed by atoms with Crippen molar-refractivity contribution in [3.05, 3.63) is 65.7 Å². The maximum absolute atomic E-state index is 13.0. The third-order valence-corrected chi connectivity index (χ3v) is 6.18. The van der Waals surface area contributed by atoms with Gasteiger partial charge >= 0.3 is 0 Å². The van der Waals surface area contributed by atoms with E-state index in [2.05, 4.69) is 38.8 Å². The predicted molar refractivity (Wildman–Crippen MR) is 111 cm³/mol. The summed E-state index contributed by atoms with van der Waals surface area (Å²) < 4.78 is 7.76. The number of hydrogen-bond acceptors (Lipinski definition) is 5. The van der Waals surface area contributed by atoms with Gasteiger partial charge in [0.2, 0.25) is 5.78 Å². The molecule has 2 aromatic heterocycles. The van der Waals surface area contributed by atoms with Crippen molar-refractivity contribution in [1.82, 2.24) is 25.0 Å². The minimum Gasteiger partial charge on any atom is -0.378 e. The second-order valence-corrected chi connectivity index (χ2v) is 7.55. The number of methoxy groups -OCH3 is 1. The van der Waals surface area contributed by atoms with Gasteiger partial charge in [0.25, 0.3) is 5.91 Å². The quantitative estimate of drug-likeness (QED) is 0.688. The minimum atomic E-state index is -0.210. The van der Waals surface area contributed by atoms with Crippen LogP contribution in [0.2, 0.25) is 0 Å². The lowest BCUT2D eigenvalue weighted by molar-refractivity contribution is 0.00392. The third kappa shape index (κ3) is 3.10. The molecule has 1 saturated heterocycles. The molecule has 3 aromatic rings. The number of nitrogens with one attached hydrogen (secondary N) is 2. The first-order valence-corrected chi connectivity index (χ1v) is 9.66. The molecule has 1 aromatic carbocycles. The molecular formula is C21H24ClN5O2. The molecule has 7 nitrogen and oxygen atoms in total. The SMILES string of the molecule is CO[C@H]1[C@H](NC(=O)c2cn3cccnc3n2)c2ccccc2C12CCNCC2.Cl. The Hall–Kier alpha value is -2.48. The Morgan fingerprint density at radius 2 is 2.07 bits per heavy atom. The van der Waals surface area contributed by atoms with Crippen LogP contribution in [-0.2, 0) is 10.2 Å². The zero-order chi connectivity index (χ0) is 19.1. The van der Waals surface area contributed by atoms with E-state index in [0.29, 0.717) is 11.5 Å². The second kappa shape index (κ2) is 7.74. The summed E-state index contributed by atoms with van der Waals surface area (Å²) in [6.07, 6.45) is 7.09. The first-order valence-electron chi connectivity index (χ1n) is 9.66. The van der Waals surface area contributed by atoms with Crippen LogP contribution in [0.4, 0.5) is 0 Å². The van der Waals surface area contributed by atoms with E-state index in [1.807, 2.05) is 18.3 Å². The molecule has 0 radical (unpaired) electrons. The summed E-state index contributed by atoms with van der Waals surface area (Å²) in [7, 11) is 1.74. The Labute approximate surface area is 175 Å². The highest BCUT2D eigenvalue weighted by molar-refractivity contribution is 5.93. The van der Waals surface area contributed by atoms with Crippen LogP contribution < -0.4 is 10.6 Å². The van der Waals surface area contributed by atoms with Gasteiger partial charge in [-0.1, -0.05) is 24.3 Å². The number of nitrogens with zero attached hydrogens (tertiary/aromatic N) is 3. The highest BCUT2D eigenvalue weighted by Crippen LogP contribution is 2.51. The molecule has 1 aliphatic heterocycles. The van der Waals surface area contributed by atoms with Crippen molar-refractivity contribution in [3.63, 3.8) is 0 Å². The molecule has 152 valence electrons. The summed E-state index contributed by atoms with van der Waals surface area (Å²) in [5, 5.41) is 6.64. The summed E-state index contributed by atoms with van der Waals surface area (Å²) in [6, 6.07) is 10.0. The number of carbonyl (C=O) groups excluding carboxylic acids is 1. The molecule has 0 bridgehead atoms. The van der Waals surface area contributed by atoms with Crippen LogP contribution in [0.5, 0.6) is 0 Å². The molecule has 8 heteroatoms. The Bertz CT molecular complexity index is 998. The number of imidazole rings is 1. The fourth-order valence-corrected chi connectivity index (χ4v) is 4.95. The molecule has 1 fully saturated rings. The predicted octanol–water partition coefficient (Wildman–Crippen LogP) is 2.27. The number of fused-ring (bicyclic) bond motifs is 3. The van der Waals surface area contributed by atoms with Crippen molar-refractivity contribution in [2.24, 2.45) is 0 Å². The van der Waals surface area contributed by atoms with Gasteiger partial charge in [-0.2, -0.15) is 0 Å². The van der Waals surface area contributed by atoms with Gasteiger partial charge in [-0.3, -0.25) is 9.20 Å². The molecule has 5 rings (SSSR count). The Morgan fingerprint density at radius 1 is 1.28 bits per heavy atom. The van der Waals surface area contributed by atoms with Crippen molar-refractivity contribution in [3.8, 4) is 0 Å². The molecule has 3 heterocycles. The zero-order valence-electron chi connectivity index (χ0n) is 16.2. The van der Waals surface area contributed by atoms with E-state index < -0.39 is 0 Å².